The van der Waals surface area contributed by atoms with Crippen LogP contribution >= 0.6 is 23.1 Å². The molecule has 0 radical (unpaired) electrons. The fourth-order valence-corrected chi connectivity index (χ4v) is 4.43. The maximum Gasteiger partial charge on any atom is 0.221 e. The molecule has 0 aliphatic rings. The van der Waals surface area contributed by atoms with Gasteiger partial charge in [0.15, 0.2) is 0 Å². The zero-order chi connectivity index (χ0) is 19.9. The fraction of sp³-hybridized carbons (Fsp3) is 0.400. The summed E-state index contributed by atoms with van der Waals surface area (Å²) >= 11 is 3.14. The molecule has 2 unspecified atom stereocenters. The molecule has 0 fully saturated rings. The van der Waals surface area contributed by atoms with Crippen LogP contribution in [0.5, 0.6) is 0 Å². The number of rotatable bonds is 9. The van der Waals surface area contributed by atoms with Crippen molar-refractivity contribution in [3.05, 3.63) is 57.8 Å². The van der Waals surface area contributed by atoms with Crippen LogP contribution < -0.4 is 5.32 Å². The third-order valence-corrected chi connectivity index (χ3v) is 6.68. The molecule has 0 spiro atoms. The highest BCUT2D eigenvalue weighted by molar-refractivity contribution is 7.99. The molecule has 1 amide bonds. The van der Waals surface area contributed by atoms with Crippen LogP contribution in [-0.4, -0.2) is 31.9 Å². The van der Waals surface area contributed by atoms with Crippen LogP contribution in [-0.2, 0) is 11.8 Å². The second-order valence-corrected chi connectivity index (χ2v) is 8.72. The van der Waals surface area contributed by atoms with Crippen molar-refractivity contribution in [2.45, 2.75) is 43.8 Å². The van der Waals surface area contributed by atoms with E-state index in [0.29, 0.717) is 23.2 Å². The highest BCUT2D eigenvalue weighted by Gasteiger charge is 2.18. The SMILES string of the molecule is CCC(C)c1ccc(C(NC(=O)CCSc2nnnn2C)c2cccs2)cc1. The summed E-state index contributed by atoms with van der Waals surface area (Å²) in [4.78, 5) is 13.7. The summed E-state index contributed by atoms with van der Waals surface area (Å²) in [6, 6.07) is 12.6. The van der Waals surface area contributed by atoms with Gasteiger partial charge in [-0.25, -0.2) is 4.68 Å². The minimum absolute atomic E-state index is 0.0204. The number of nitrogens with zero attached hydrogens (tertiary/aromatic N) is 4. The number of thiophene rings is 1. The Labute approximate surface area is 173 Å². The maximum absolute atomic E-state index is 12.6. The van der Waals surface area contributed by atoms with Gasteiger partial charge in [0.25, 0.3) is 0 Å². The van der Waals surface area contributed by atoms with Crippen molar-refractivity contribution >= 4 is 29.0 Å². The van der Waals surface area contributed by atoms with Crippen LogP contribution in [0.4, 0.5) is 0 Å². The highest BCUT2D eigenvalue weighted by atomic mass is 32.2. The van der Waals surface area contributed by atoms with Crippen molar-refractivity contribution in [1.29, 1.82) is 0 Å². The number of aromatic nitrogens is 4. The number of carbonyl (C=O) groups excluding carboxylic acids is 1. The molecule has 3 aromatic rings. The van der Waals surface area contributed by atoms with Crippen LogP contribution in [0.2, 0.25) is 0 Å². The molecule has 0 aliphatic heterocycles. The molecule has 3 rings (SSSR count). The summed E-state index contributed by atoms with van der Waals surface area (Å²) in [5.41, 5.74) is 2.43. The zero-order valence-electron chi connectivity index (χ0n) is 16.3. The number of hydrogen-bond donors (Lipinski definition) is 1. The van der Waals surface area contributed by atoms with E-state index in [-0.39, 0.29) is 11.9 Å². The van der Waals surface area contributed by atoms with E-state index < -0.39 is 0 Å². The lowest BCUT2D eigenvalue weighted by atomic mass is 9.95. The van der Waals surface area contributed by atoms with Crippen molar-refractivity contribution in [1.82, 2.24) is 25.5 Å². The van der Waals surface area contributed by atoms with Gasteiger partial charge >= 0.3 is 0 Å². The Kier molecular flexibility index (Phi) is 7.22. The predicted molar refractivity (Wildman–Crippen MR) is 114 cm³/mol. The molecular weight excluding hydrogens is 390 g/mol. The lowest BCUT2D eigenvalue weighted by Gasteiger charge is -2.19. The molecule has 2 heterocycles. The van der Waals surface area contributed by atoms with Crippen LogP contribution in [0.1, 0.15) is 54.7 Å². The normalized spacial score (nSPS) is 13.2. The maximum atomic E-state index is 12.6. The minimum atomic E-state index is -0.125. The van der Waals surface area contributed by atoms with Gasteiger partial charge in [0.2, 0.25) is 11.1 Å². The average Bonchev–Trinajstić information content (AvgIpc) is 3.38. The fourth-order valence-electron chi connectivity index (χ4n) is 2.84. The van der Waals surface area contributed by atoms with E-state index in [1.807, 2.05) is 11.4 Å². The van der Waals surface area contributed by atoms with Crippen molar-refractivity contribution in [3.63, 3.8) is 0 Å². The number of thioether (sulfide) groups is 1. The van der Waals surface area contributed by atoms with E-state index >= 15 is 0 Å². The molecule has 2 aromatic heterocycles. The van der Waals surface area contributed by atoms with E-state index in [2.05, 4.69) is 65.0 Å². The predicted octanol–water partition coefficient (Wildman–Crippen LogP) is 4.17. The van der Waals surface area contributed by atoms with Gasteiger partial charge in [-0.05, 0) is 45.3 Å². The first-order valence-corrected chi connectivity index (χ1v) is 11.2. The average molecular weight is 416 g/mol. The van der Waals surface area contributed by atoms with E-state index in [0.717, 1.165) is 16.9 Å². The highest BCUT2D eigenvalue weighted by Crippen LogP contribution is 2.28. The summed E-state index contributed by atoms with van der Waals surface area (Å²) in [6.45, 7) is 4.43. The van der Waals surface area contributed by atoms with E-state index in [1.54, 1.807) is 23.1 Å². The molecule has 0 bridgehead atoms. The monoisotopic (exact) mass is 415 g/mol. The molecule has 6 nitrogen and oxygen atoms in total. The third-order valence-electron chi connectivity index (χ3n) is 4.73. The van der Waals surface area contributed by atoms with Crippen molar-refractivity contribution in [2.24, 2.45) is 7.05 Å². The number of amides is 1. The summed E-state index contributed by atoms with van der Waals surface area (Å²) in [5.74, 6) is 1.19. The van der Waals surface area contributed by atoms with Gasteiger partial charge in [0, 0.05) is 24.1 Å². The molecule has 148 valence electrons. The molecule has 0 saturated heterocycles. The van der Waals surface area contributed by atoms with Gasteiger partial charge in [0.1, 0.15) is 0 Å². The first-order chi connectivity index (χ1) is 13.6. The lowest BCUT2D eigenvalue weighted by Crippen LogP contribution is -2.29. The standard InChI is InChI=1S/C20H25N5OS2/c1-4-14(2)15-7-9-16(10-8-15)19(17-6-5-12-27-17)21-18(26)11-13-28-20-22-23-24-25(20)3/h5-10,12,14,19H,4,11,13H2,1-3H3,(H,21,26). The van der Waals surface area contributed by atoms with Crippen LogP contribution in [0.15, 0.2) is 46.9 Å². The minimum Gasteiger partial charge on any atom is -0.344 e. The topological polar surface area (TPSA) is 72.7 Å². The van der Waals surface area contributed by atoms with Gasteiger partial charge in [-0.15, -0.1) is 16.4 Å². The smallest absolute Gasteiger partial charge is 0.221 e. The van der Waals surface area contributed by atoms with Crippen molar-refractivity contribution in [2.75, 3.05) is 5.75 Å². The zero-order valence-corrected chi connectivity index (χ0v) is 18.0. The Hall–Kier alpha value is -2.19. The summed E-state index contributed by atoms with van der Waals surface area (Å²) in [6.07, 6.45) is 1.52. The van der Waals surface area contributed by atoms with Crippen LogP contribution in [0, 0.1) is 0 Å². The van der Waals surface area contributed by atoms with Crippen molar-refractivity contribution < 1.29 is 4.79 Å². The molecule has 2 atom stereocenters. The van der Waals surface area contributed by atoms with Gasteiger partial charge in [-0.2, -0.15) is 0 Å². The Morgan fingerprint density at radius 1 is 1.25 bits per heavy atom. The Bertz CT molecular complexity index is 876. The summed E-state index contributed by atoms with van der Waals surface area (Å²) < 4.78 is 1.61. The summed E-state index contributed by atoms with van der Waals surface area (Å²) in [7, 11) is 1.79. The third kappa shape index (κ3) is 5.20. The number of aryl methyl sites for hydroxylation is 1. The Morgan fingerprint density at radius 3 is 2.61 bits per heavy atom. The number of tetrazole rings is 1. The second kappa shape index (κ2) is 9.84. The van der Waals surface area contributed by atoms with E-state index in [4.69, 9.17) is 0 Å². The first kappa shape index (κ1) is 20.5. The van der Waals surface area contributed by atoms with Crippen LogP contribution in [0.3, 0.4) is 0 Å². The van der Waals surface area contributed by atoms with Gasteiger partial charge in [-0.1, -0.05) is 55.9 Å². The molecule has 0 aliphatic carbocycles. The summed E-state index contributed by atoms with van der Waals surface area (Å²) in [5, 5.41) is 17.3. The molecule has 0 saturated carbocycles. The number of nitrogens with one attached hydrogen (secondary N) is 1. The van der Waals surface area contributed by atoms with Crippen LogP contribution in [0.25, 0.3) is 0 Å². The van der Waals surface area contributed by atoms with Gasteiger partial charge in [0.05, 0.1) is 6.04 Å². The Morgan fingerprint density at radius 2 is 2.00 bits per heavy atom. The molecule has 8 heteroatoms. The van der Waals surface area contributed by atoms with E-state index in [9.17, 15) is 4.79 Å². The quantitative estimate of drug-likeness (QED) is 0.531. The number of benzene rings is 1. The largest absolute Gasteiger partial charge is 0.344 e. The number of carbonyl (C=O) groups is 1. The molecule has 1 aromatic carbocycles. The number of hydrogen-bond acceptors (Lipinski definition) is 6. The molecule has 1 N–H and O–H groups in total. The van der Waals surface area contributed by atoms with Gasteiger partial charge < -0.3 is 5.32 Å². The first-order valence-electron chi connectivity index (χ1n) is 9.36. The van der Waals surface area contributed by atoms with E-state index in [1.165, 1.54) is 17.3 Å². The second-order valence-electron chi connectivity index (χ2n) is 6.68. The van der Waals surface area contributed by atoms with Gasteiger partial charge in [-0.3, -0.25) is 4.79 Å². The lowest BCUT2D eigenvalue weighted by molar-refractivity contribution is -0.121. The van der Waals surface area contributed by atoms with Crippen molar-refractivity contribution in [3.8, 4) is 0 Å². The molecule has 28 heavy (non-hydrogen) atoms. The Balaban J connectivity index is 1.65. The molecular formula is C20H25N5OS2.